The van der Waals surface area contributed by atoms with Crippen molar-refractivity contribution in [2.24, 2.45) is 5.73 Å². The molecule has 0 radical (unpaired) electrons. The van der Waals surface area contributed by atoms with Gasteiger partial charge in [-0.3, -0.25) is 4.79 Å². The molecule has 1 amide bonds. The van der Waals surface area contributed by atoms with Crippen LogP contribution in [0.3, 0.4) is 0 Å². The van der Waals surface area contributed by atoms with Crippen LogP contribution in [-0.2, 0) is 0 Å². The summed E-state index contributed by atoms with van der Waals surface area (Å²) in [5.41, 5.74) is 7.62. The van der Waals surface area contributed by atoms with Gasteiger partial charge in [0, 0.05) is 12.1 Å². The van der Waals surface area contributed by atoms with Gasteiger partial charge < -0.3 is 15.8 Å². The summed E-state index contributed by atoms with van der Waals surface area (Å²) >= 11 is 0. The minimum atomic E-state index is -0.393. The van der Waals surface area contributed by atoms with Crippen LogP contribution in [0, 0.1) is 6.92 Å². The Kier molecular flexibility index (Phi) is 5.56. The Bertz CT molecular complexity index is 690. The fraction of sp³-hybridized carbons (Fsp3) is 0.471. The van der Waals surface area contributed by atoms with Crippen LogP contribution in [0.2, 0.25) is 0 Å². The Balaban J connectivity index is 2.15. The van der Waals surface area contributed by atoms with Gasteiger partial charge in [0.05, 0.1) is 18.5 Å². The minimum absolute atomic E-state index is 0.260. The van der Waals surface area contributed by atoms with Crippen LogP contribution in [-0.4, -0.2) is 40.1 Å². The molecule has 7 heteroatoms. The van der Waals surface area contributed by atoms with Gasteiger partial charge in [-0.2, -0.15) is 0 Å². The Hall–Kier alpha value is -2.41. The smallest absolute Gasteiger partial charge is 0.273 e. The van der Waals surface area contributed by atoms with E-state index in [2.05, 4.69) is 15.6 Å². The molecule has 0 aliphatic rings. The van der Waals surface area contributed by atoms with Gasteiger partial charge >= 0.3 is 0 Å². The van der Waals surface area contributed by atoms with Gasteiger partial charge in [0.1, 0.15) is 5.75 Å². The standard InChI is InChI=1S/C17H25N5O2/c1-5-17(18,6-2)11-19-16(23)15-12(3)22(21-20-15)13-7-9-14(24-4)10-8-13/h7-10H,5-6,11,18H2,1-4H3,(H,19,23). The van der Waals surface area contributed by atoms with Crippen molar-refractivity contribution >= 4 is 5.91 Å². The molecule has 2 aromatic rings. The van der Waals surface area contributed by atoms with Gasteiger partial charge in [-0.25, -0.2) is 4.68 Å². The van der Waals surface area contributed by atoms with Gasteiger partial charge in [0.15, 0.2) is 5.69 Å². The van der Waals surface area contributed by atoms with E-state index in [9.17, 15) is 4.79 Å². The predicted molar refractivity (Wildman–Crippen MR) is 92.5 cm³/mol. The maximum atomic E-state index is 12.4. The van der Waals surface area contributed by atoms with Gasteiger partial charge in [-0.15, -0.1) is 5.10 Å². The highest BCUT2D eigenvalue weighted by molar-refractivity contribution is 5.93. The average Bonchev–Trinajstić information content (AvgIpc) is 3.01. The largest absolute Gasteiger partial charge is 0.497 e. The maximum Gasteiger partial charge on any atom is 0.273 e. The zero-order valence-electron chi connectivity index (χ0n) is 14.7. The highest BCUT2D eigenvalue weighted by atomic mass is 16.5. The number of hydrogen-bond donors (Lipinski definition) is 2. The van der Waals surface area contributed by atoms with E-state index < -0.39 is 5.54 Å². The van der Waals surface area contributed by atoms with Crippen molar-refractivity contribution < 1.29 is 9.53 Å². The summed E-state index contributed by atoms with van der Waals surface area (Å²) in [5.74, 6) is 0.497. The molecule has 0 fully saturated rings. The van der Waals surface area contributed by atoms with Crippen molar-refractivity contribution in [1.29, 1.82) is 0 Å². The molecule has 24 heavy (non-hydrogen) atoms. The summed E-state index contributed by atoms with van der Waals surface area (Å²) in [7, 11) is 1.61. The van der Waals surface area contributed by atoms with Crippen LogP contribution in [0.5, 0.6) is 5.75 Å². The predicted octanol–water partition coefficient (Wildman–Crippen LogP) is 1.83. The summed E-state index contributed by atoms with van der Waals surface area (Å²) < 4.78 is 6.77. The lowest BCUT2D eigenvalue weighted by molar-refractivity contribution is 0.0936. The number of methoxy groups -OCH3 is 1. The average molecular weight is 331 g/mol. The molecule has 0 unspecified atom stereocenters. The molecule has 7 nitrogen and oxygen atoms in total. The lowest BCUT2D eigenvalue weighted by Crippen LogP contribution is -2.49. The first kappa shape index (κ1) is 17.9. The number of carbonyl (C=O) groups excluding carboxylic acids is 1. The highest BCUT2D eigenvalue weighted by Crippen LogP contribution is 2.17. The molecule has 3 N–H and O–H groups in total. The molecule has 0 atom stereocenters. The fourth-order valence-electron chi connectivity index (χ4n) is 2.35. The van der Waals surface area contributed by atoms with Crippen LogP contribution >= 0.6 is 0 Å². The second-order valence-corrected chi connectivity index (χ2v) is 5.89. The molecular formula is C17H25N5O2. The molecule has 0 saturated carbocycles. The summed E-state index contributed by atoms with van der Waals surface area (Å²) in [6.07, 6.45) is 1.59. The van der Waals surface area contributed by atoms with E-state index in [-0.39, 0.29) is 5.91 Å². The first-order valence-corrected chi connectivity index (χ1v) is 8.08. The van der Waals surface area contributed by atoms with Gasteiger partial charge in [0.25, 0.3) is 5.91 Å². The van der Waals surface area contributed by atoms with Crippen LogP contribution in [0.1, 0.15) is 42.9 Å². The Labute approximate surface area is 142 Å². The topological polar surface area (TPSA) is 95.1 Å². The molecule has 0 spiro atoms. The summed E-state index contributed by atoms with van der Waals surface area (Å²) in [6, 6.07) is 7.39. The number of nitrogens with one attached hydrogen (secondary N) is 1. The summed E-state index contributed by atoms with van der Waals surface area (Å²) in [6.45, 7) is 6.25. The van der Waals surface area contributed by atoms with Crippen molar-refractivity contribution in [2.45, 2.75) is 39.2 Å². The van der Waals surface area contributed by atoms with Crippen LogP contribution < -0.4 is 15.8 Å². The number of hydrogen-bond acceptors (Lipinski definition) is 5. The number of carbonyl (C=O) groups is 1. The van der Waals surface area contributed by atoms with E-state index in [1.54, 1.807) is 11.8 Å². The molecule has 1 aromatic carbocycles. The third-order valence-corrected chi connectivity index (χ3v) is 4.44. The second kappa shape index (κ2) is 7.44. The lowest BCUT2D eigenvalue weighted by atomic mass is 9.94. The molecule has 1 aromatic heterocycles. The molecule has 0 saturated heterocycles. The lowest BCUT2D eigenvalue weighted by Gasteiger charge is -2.26. The van der Waals surface area contributed by atoms with E-state index in [1.807, 2.05) is 45.0 Å². The van der Waals surface area contributed by atoms with Crippen LogP contribution in [0.4, 0.5) is 0 Å². The van der Waals surface area contributed by atoms with Crippen molar-refractivity contribution in [3.05, 3.63) is 35.7 Å². The second-order valence-electron chi connectivity index (χ2n) is 5.89. The number of nitrogens with two attached hydrogens (primary N) is 1. The Morgan fingerprint density at radius 1 is 1.29 bits per heavy atom. The molecule has 130 valence electrons. The number of amides is 1. The zero-order chi connectivity index (χ0) is 17.7. The van der Waals surface area contributed by atoms with E-state index >= 15 is 0 Å². The molecule has 0 aliphatic carbocycles. The fourth-order valence-corrected chi connectivity index (χ4v) is 2.35. The summed E-state index contributed by atoms with van der Waals surface area (Å²) in [5, 5.41) is 11.0. The van der Waals surface area contributed by atoms with Crippen molar-refractivity contribution in [1.82, 2.24) is 20.3 Å². The van der Waals surface area contributed by atoms with Crippen molar-refractivity contribution in [3.63, 3.8) is 0 Å². The number of aromatic nitrogens is 3. The molecule has 0 bridgehead atoms. The monoisotopic (exact) mass is 331 g/mol. The molecule has 1 heterocycles. The van der Waals surface area contributed by atoms with Crippen molar-refractivity contribution in [2.75, 3.05) is 13.7 Å². The number of rotatable bonds is 7. The van der Waals surface area contributed by atoms with Gasteiger partial charge in [-0.1, -0.05) is 19.1 Å². The molecular weight excluding hydrogens is 306 g/mol. The summed E-state index contributed by atoms with van der Waals surface area (Å²) in [4.78, 5) is 12.4. The van der Waals surface area contributed by atoms with E-state index in [0.717, 1.165) is 24.3 Å². The third kappa shape index (κ3) is 3.73. The molecule has 0 aliphatic heterocycles. The van der Waals surface area contributed by atoms with E-state index in [1.165, 1.54) is 0 Å². The van der Waals surface area contributed by atoms with Crippen LogP contribution in [0.15, 0.2) is 24.3 Å². The van der Waals surface area contributed by atoms with E-state index in [4.69, 9.17) is 10.5 Å². The number of benzene rings is 1. The quantitative estimate of drug-likeness (QED) is 0.807. The Morgan fingerprint density at radius 3 is 2.46 bits per heavy atom. The number of ether oxygens (including phenoxy) is 1. The van der Waals surface area contributed by atoms with Gasteiger partial charge in [0.2, 0.25) is 0 Å². The number of nitrogens with zero attached hydrogens (tertiary/aromatic N) is 3. The Morgan fingerprint density at radius 2 is 1.92 bits per heavy atom. The van der Waals surface area contributed by atoms with Crippen LogP contribution in [0.25, 0.3) is 5.69 Å². The maximum absolute atomic E-state index is 12.4. The van der Waals surface area contributed by atoms with Crippen molar-refractivity contribution in [3.8, 4) is 11.4 Å². The van der Waals surface area contributed by atoms with E-state index in [0.29, 0.717) is 17.9 Å². The first-order chi connectivity index (χ1) is 11.4. The zero-order valence-corrected chi connectivity index (χ0v) is 14.7. The first-order valence-electron chi connectivity index (χ1n) is 8.08. The van der Waals surface area contributed by atoms with Gasteiger partial charge in [-0.05, 0) is 44.0 Å². The normalized spacial score (nSPS) is 11.4. The third-order valence-electron chi connectivity index (χ3n) is 4.44. The highest BCUT2D eigenvalue weighted by Gasteiger charge is 2.23. The SMILES string of the molecule is CCC(N)(CC)CNC(=O)c1nnn(-c2ccc(OC)cc2)c1C. The minimum Gasteiger partial charge on any atom is -0.497 e. The molecule has 2 rings (SSSR count).